The van der Waals surface area contributed by atoms with Crippen molar-refractivity contribution in [1.29, 1.82) is 0 Å². The van der Waals surface area contributed by atoms with E-state index in [1.165, 1.54) is 0 Å². The summed E-state index contributed by atoms with van der Waals surface area (Å²) in [5.74, 6) is 0.422. The molecular formula is C13H19ClN2O4. The Labute approximate surface area is 123 Å². The third kappa shape index (κ3) is 5.64. The summed E-state index contributed by atoms with van der Waals surface area (Å²) in [6.45, 7) is 2.06. The van der Waals surface area contributed by atoms with E-state index in [1.54, 1.807) is 25.3 Å². The fourth-order valence-electron chi connectivity index (χ4n) is 1.50. The van der Waals surface area contributed by atoms with Crippen molar-refractivity contribution in [2.24, 2.45) is 10.9 Å². The number of rotatable bonds is 9. The van der Waals surface area contributed by atoms with Crippen LogP contribution in [0.2, 0.25) is 5.02 Å². The van der Waals surface area contributed by atoms with E-state index < -0.39 is 0 Å². The fourth-order valence-corrected chi connectivity index (χ4v) is 1.66. The van der Waals surface area contributed by atoms with Crippen LogP contribution in [-0.2, 0) is 9.47 Å². The summed E-state index contributed by atoms with van der Waals surface area (Å²) in [4.78, 5) is 0. The number of methoxy groups -OCH3 is 1. The Morgan fingerprint density at radius 1 is 1.30 bits per heavy atom. The van der Waals surface area contributed by atoms with E-state index in [4.69, 9.17) is 36.8 Å². The summed E-state index contributed by atoms with van der Waals surface area (Å²) < 4.78 is 15.8. The first-order valence-electron chi connectivity index (χ1n) is 6.16. The molecule has 0 fully saturated rings. The van der Waals surface area contributed by atoms with Gasteiger partial charge >= 0.3 is 0 Å². The Morgan fingerprint density at radius 2 is 2.10 bits per heavy atom. The lowest BCUT2D eigenvalue weighted by Gasteiger charge is -2.11. The number of amidine groups is 1. The second kappa shape index (κ2) is 9.41. The van der Waals surface area contributed by atoms with Crippen LogP contribution in [0.5, 0.6) is 5.75 Å². The highest BCUT2D eigenvalue weighted by Crippen LogP contribution is 2.23. The Bertz CT molecular complexity index is 440. The molecule has 0 aliphatic heterocycles. The molecule has 0 aromatic heterocycles. The van der Waals surface area contributed by atoms with Crippen LogP contribution in [0.1, 0.15) is 12.0 Å². The van der Waals surface area contributed by atoms with Crippen LogP contribution in [0.25, 0.3) is 0 Å². The first-order chi connectivity index (χ1) is 9.69. The number of halogens is 1. The molecule has 7 heteroatoms. The maximum Gasteiger partial charge on any atom is 0.173 e. The van der Waals surface area contributed by atoms with Gasteiger partial charge in [-0.2, -0.15) is 0 Å². The number of benzene rings is 1. The second-order valence-electron chi connectivity index (χ2n) is 3.93. The standard InChI is InChI=1S/C13H19ClN2O4/c1-18-5-2-6-19-7-8-20-12-9-10(14)3-4-11(12)13(15)16-17/h3-4,9,17H,2,5-8H2,1H3,(H2,15,16). The van der Waals surface area contributed by atoms with E-state index in [9.17, 15) is 0 Å². The van der Waals surface area contributed by atoms with Crippen molar-refractivity contribution in [2.75, 3.05) is 33.5 Å². The van der Waals surface area contributed by atoms with Crippen molar-refractivity contribution >= 4 is 17.4 Å². The molecule has 0 amide bonds. The lowest BCUT2D eigenvalue weighted by Crippen LogP contribution is -2.16. The van der Waals surface area contributed by atoms with Gasteiger partial charge in [0.15, 0.2) is 5.84 Å². The van der Waals surface area contributed by atoms with Crippen LogP contribution in [0, 0.1) is 0 Å². The molecule has 0 radical (unpaired) electrons. The highest BCUT2D eigenvalue weighted by atomic mass is 35.5. The normalized spacial score (nSPS) is 11.6. The van der Waals surface area contributed by atoms with Gasteiger partial charge in [0.1, 0.15) is 12.4 Å². The number of oxime groups is 1. The van der Waals surface area contributed by atoms with Gasteiger partial charge in [0.05, 0.1) is 12.2 Å². The minimum absolute atomic E-state index is 0.0299. The molecule has 0 spiro atoms. The lowest BCUT2D eigenvalue weighted by molar-refractivity contribution is 0.0806. The topological polar surface area (TPSA) is 86.3 Å². The molecule has 1 aromatic carbocycles. The zero-order chi connectivity index (χ0) is 14.8. The Hall–Kier alpha value is -1.50. The van der Waals surface area contributed by atoms with Gasteiger partial charge in [0, 0.05) is 25.3 Å². The van der Waals surface area contributed by atoms with E-state index in [0.717, 1.165) is 6.42 Å². The van der Waals surface area contributed by atoms with Crippen molar-refractivity contribution in [3.05, 3.63) is 28.8 Å². The zero-order valence-corrected chi connectivity index (χ0v) is 12.1. The molecule has 0 bridgehead atoms. The maximum atomic E-state index is 8.71. The molecule has 1 aromatic rings. The van der Waals surface area contributed by atoms with Crippen LogP contribution in [0.15, 0.2) is 23.4 Å². The Balaban J connectivity index is 2.44. The van der Waals surface area contributed by atoms with Gasteiger partial charge in [-0.15, -0.1) is 0 Å². The molecule has 3 N–H and O–H groups in total. The monoisotopic (exact) mass is 302 g/mol. The number of hydrogen-bond donors (Lipinski definition) is 2. The van der Waals surface area contributed by atoms with Gasteiger partial charge in [-0.25, -0.2) is 0 Å². The highest BCUT2D eigenvalue weighted by molar-refractivity contribution is 6.30. The number of hydrogen-bond acceptors (Lipinski definition) is 5. The molecule has 112 valence electrons. The summed E-state index contributed by atoms with van der Waals surface area (Å²) in [6.07, 6.45) is 0.836. The predicted octanol–water partition coefficient (Wildman–Crippen LogP) is 1.87. The third-order valence-electron chi connectivity index (χ3n) is 2.45. The molecule has 0 atom stereocenters. The van der Waals surface area contributed by atoms with E-state index in [0.29, 0.717) is 42.8 Å². The van der Waals surface area contributed by atoms with E-state index in [1.807, 2.05) is 0 Å². The molecule has 0 unspecified atom stereocenters. The number of nitrogens with two attached hydrogens (primary N) is 1. The fraction of sp³-hybridized carbons (Fsp3) is 0.462. The van der Waals surface area contributed by atoms with Crippen LogP contribution >= 0.6 is 11.6 Å². The van der Waals surface area contributed by atoms with E-state index in [-0.39, 0.29) is 5.84 Å². The van der Waals surface area contributed by atoms with Gasteiger partial charge in [-0.3, -0.25) is 0 Å². The van der Waals surface area contributed by atoms with Crippen LogP contribution in [0.4, 0.5) is 0 Å². The van der Waals surface area contributed by atoms with Gasteiger partial charge in [-0.05, 0) is 24.6 Å². The predicted molar refractivity (Wildman–Crippen MR) is 76.8 cm³/mol. The second-order valence-corrected chi connectivity index (χ2v) is 4.37. The van der Waals surface area contributed by atoms with Crippen LogP contribution < -0.4 is 10.5 Å². The van der Waals surface area contributed by atoms with Gasteiger partial charge in [0.2, 0.25) is 0 Å². The van der Waals surface area contributed by atoms with E-state index in [2.05, 4.69) is 5.16 Å². The van der Waals surface area contributed by atoms with Crippen molar-refractivity contribution in [3.63, 3.8) is 0 Å². The molecular weight excluding hydrogens is 284 g/mol. The molecule has 0 aliphatic rings. The first-order valence-corrected chi connectivity index (χ1v) is 6.53. The summed E-state index contributed by atoms with van der Waals surface area (Å²) in [7, 11) is 1.65. The summed E-state index contributed by atoms with van der Waals surface area (Å²) in [5.41, 5.74) is 6.04. The average Bonchev–Trinajstić information content (AvgIpc) is 2.45. The van der Waals surface area contributed by atoms with Gasteiger partial charge < -0.3 is 25.2 Å². The van der Waals surface area contributed by atoms with E-state index >= 15 is 0 Å². The van der Waals surface area contributed by atoms with Crippen molar-refractivity contribution in [2.45, 2.75) is 6.42 Å². The molecule has 20 heavy (non-hydrogen) atoms. The average molecular weight is 303 g/mol. The molecule has 0 heterocycles. The minimum Gasteiger partial charge on any atom is -0.490 e. The largest absolute Gasteiger partial charge is 0.490 e. The molecule has 6 nitrogen and oxygen atoms in total. The summed E-state index contributed by atoms with van der Waals surface area (Å²) in [5, 5.41) is 12.2. The molecule has 0 aliphatic carbocycles. The molecule has 0 saturated carbocycles. The number of nitrogens with zero attached hydrogens (tertiary/aromatic N) is 1. The third-order valence-corrected chi connectivity index (χ3v) is 2.68. The quantitative estimate of drug-likeness (QED) is 0.239. The maximum absolute atomic E-state index is 8.71. The minimum atomic E-state index is -0.0299. The highest BCUT2D eigenvalue weighted by Gasteiger charge is 2.09. The van der Waals surface area contributed by atoms with Crippen molar-refractivity contribution in [1.82, 2.24) is 0 Å². The van der Waals surface area contributed by atoms with Crippen molar-refractivity contribution in [3.8, 4) is 5.75 Å². The smallest absolute Gasteiger partial charge is 0.173 e. The number of ether oxygens (including phenoxy) is 3. The SMILES string of the molecule is COCCCOCCOc1cc(Cl)ccc1/C(N)=N/O. The first kappa shape index (κ1) is 16.6. The van der Waals surface area contributed by atoms with Crippen LogP contribution in [0.3, 0.4) is 0 Å². The Kier molecular flexibility index (Phi) is 7.79. The molecule has 1 rings (SSSR count). The van der Waals surface area contributed by atoms with Gasteiger partial charge in [-0.1, -0.05) is 16.8 Å². The summed E-state index contributed by atoms with van der Waals surface area (Å²) >= 11 is 5.89. The zero-order valence-electron chi connectivity index (χ0n) is 11.3. The summed E-state index contributed by atoms with van der Waals surface area (Å²) in [6, 6.07) is 4.88. The Morgan fingerprint density at radius 3 is 2.80 bits per heavy atom. The van der Waals surface area contributed by atoms with Crippen LogP contribution in [-0.4, -0.2) is 44.6 Å². The van der Waals surface area contributed by atoms with Crippen molar-refractivity contribution < 1.29 is 19.4 Å². The molecule has 0 saturated heterocycles. The lowest BCUT2D eigenvalue weighted by atomic mass is 10.2. The van der Waals surface area contributed by atoms with Gasteiger partial charge in [0.25, 0.3) is 0 Å².